The second-order valence-corrected chi connectivity index (χ2v) is 9.76. The van der Waals surface area contributed by atoms with Crippen LogP contribution < -0.4 is 14.9 Å². The molecule has 0 unspecified atom stereocenters. The minimum Gasteiger partial charge on any atom is -0.350 e. The van der Waals surface area contributed by atoms with Crippen LogP contribution in [0.5, 0.6) is 0 Å². The van der Waals surface area contributed by atoms with Gasteiger partial charge in [0.25, 0.3) is 15.9 Å². The number of fused-ring (bicyclic) bond motifs is 1. The highest BCUT2D eigenvalue weighted by Gasteiger charge is 2.20. The first-order valence-corrected chi connectivity index (χ1v) is 12.1. The van der Waals surface area contributed by atoms with Crippen LogP contribution in [0.1, 0.15) is 44.0 Å². The highest BCUT2D eigenvalue weighted by atomic mass is 32.2. The van der Waals surface area contributed by atoms with Crippen molar-refractivity contribution in [1.29, 1.82) is 0 Å². The minimum atomic E-state index is -3.95. The van der Waals surface area contributed by atoms with Crippen molar-refractivity contribution in [1.82, 2.24) is 9.88 Å². The Bertz CT molecular complexity index is 1230. The Hall–Kier alpha value is -2.65. The summed E-state index contributed by atoms with van der Waals surface area (Å²) in [5.41, 5.74) is 1.18. The summed E-state index contributed by atoms with van der Waals surface area (Å²) in [6, 6.07) is 11.1. The number of hydrogen-bond donors (Lipinski definition) is 2. The molecule has 2 N–H and O–H groups in total. The van der Waals surface area contributed by atoms with Crippen molar-refractivity contribution in [3.05, 3.63) is 57.7 Å². The van der Waals surface area contributed by atoms with Crippen molar-refractivity contribution < 1.29 is 13.2 Å². The SMILES string of the molecule is CCCn1c(=O)sc2cc(S(=O)(=O)Nc3ccccc3C(=O)N[C@H](C)CC)ccc21. The molecule has 30 heavy (non-hydrogen) atoms. The molecule has 0 saturated carbocycles. The fraction of sp³-hybridized carbons (Fsp3) is 0.333. The van der Waals surface area contributed by atoms with Crippen molar-refractivity contribution in [2.45, 2.75) is 51.1 Å². The number of benzene rings is 2. The van der Waals surface area contributed by atoms with Crippen LogP contribution in [0, 0.1) is 0 Å². The van der Waals surface area contributed by atoms with E-state index in [2.05, 4.69) is 10.0 Å². The van der Waals surface area contributed by atoms with Crippen molar-refractivity contribution in [3.8, 4) is 0 Å². The molecule has 1 amide bonds. The molecule has 160 valence electrons. The van der Waals surface area contributed by atoms with E-state index < -0.39 is 10.0 Å². The summed E-state index contributed by atoms with van der Waals surface area (Å²) in [5, 5.41) is 2.85. The first-order valence-electron chi connectivity index (χ1n) is 9.83. The molecule has 3 aromatic rings. The zero-order valence-electron chi connectivity index (χ0n) is 17.1. The van der Waals surface area contributed by atoms with Gasteiger partial charge in [-0.15, -0.1) is 0 Å². The maximum Gasteiger partial charge on any atom is 0.308 e. The quantitative estimate of drug-likeness (QED) is 0.549. The van der Waals surface area contributed by atoms with Gasteiger partial charge in [0.2, 0.25) is 0 Å². The van der Waals surface area contributed by atoms with Gasteiger partial charge in [-0.2, -0.15) is 0 Å². The van der Waals surface area contributed by atoms with Crippen LogP contribution in [0.4, 0.5) is 5.69 Å². The number of thiazole rings is 1. The van der Waals surface area contributed by atoms with Crippen LogP contribution in [0.15, 0.2) is 52.2 Å². The molecule has 0 aliphatic carbocycles. The average Bonchev–Trinajstić information content (AvgIpc) is 3.02. The number of hydrogen-bond acceptors (Lipinski definition) is 5. The Morgan fingerprint density at radius 3 is 2.60 bits per heavy atom. The molecule has 7 nitrogen and oxygen atoms in total. The molecule has 0 spiro atoms. The van der Waals surface area contributed by atoms with Gasteiger partial charge in [-0.1, -0.05) is 37.3 Å². The molecule has 0 bridgehead atoms. The number of aryl methyl sites for hydroxylation is 1. The molecule has 9 heteroatoms. The zero-order valence-corrected chi connectivity index (χ0v) is 18.8. The lowest BCUT2D eigenvalue weighted by Gasteiger charge is -2.15. The van der Waals surface area contributed by atoms with Crippen molar-refractivity contribution in [2.24, 2.45) is 0 Å². The van der Waals surface area contributed by atoms with Crippen molar-refractivity contribution >= 4 is 43.2 Å². The van der Waals surface area contributed by atoms with E-state index in [1.54, 1.807) is 34.9 Å². The van der Waals surface area contributed by atoms with Gasteiger partial charge in [-0.05, 0) is 50.1 Å². The molecule has 1 atom stereocenters. The predicted octanol–water partition coefficient (Wildman–Crippen LogP) is 3.80. The maximum absolute atomic E-state index is 13.0. The molecule has 0 aliphatic rings. The first kappa shape index (κ1) is 22.0. The Balaban J connectivity index is 1.94. The average molecular weight is 448 g/mol. The summed E-state index contributed by atoms with van der Waals surface area (Å²) in [7, 11) is -3.95. The predicted molar refractivity (Wildman–Crippen MR) is 121 cm³/mol. The Labute approximate surface area is 179 Å². The number of carbonyl (C=O) groups is 1. The van der Waals surface area contributed by atoms with Gasteiger partial charge in [0, 0.05) is 12.6 Å². The zero-order chi connectivity index (χ0) is 21.9. The number of rotatable bonds is 8. The molecule has 0 fully saturated rings. The molecule has 0 radical (unpaired) electrons. The van der Waals surface area contributed by atoms with Crippen LogP contribution in [0.25, 0.3) is 10.2 Å². The smallest absolute Gasteiger partial charge is 0.308 e. The highest BCUT2D eigenvalue weighted by molar-refractivity contribution is 7.92. The topological polar surface area (TPSA) is 97.3 Å². The van der Waals surface area contributed by atoms with Gasteiger partial charge in [0.05, 0.1) is 26.4 Å². The highest BCUT2D eigenvalue weighted by Crippen LogP contribution is 2.25. The monoisotopic (exact) mass is 447 g/mol. The summed E-state index contributed by atoms with van der Waals surface area (Å²) >= 11 is 1.02. The summed E-state index contributed by atoms with van der Waals surface area (Å²) in [6.45, 7) is 6.41. The molecule has 0 saturated heterocycles. The molecule has 1 heterocycles. The molecule has 2 aromatic carbocycles. The van der Waals surface area contributed by atoms with E-state index in [4.69, 9.17) is 0 Å². The Morgan fingerprint density at radius 1 is 1.17 bits per heavy atom. The third-order valence-corrected chi connectivity index (χ3v) is 7.11. The number of nitrogens with zero attached hydrogens (tertiary/aromatic N) is 1. The standard InChI is InChI=1S/C21H25N3O4S2/c1-4-12-24-18-11-10-15(13-19(18)29-21(24)26)30(27,28)23-17-9-7-6-8-16(17)20(25)22-14(3)5-2/h6-11,13-14,23H,4-5,12H2,1-3H3,(H,22,25)/t14-/m1/s1. The fourth-order valence-electron chi connectivity index (χ4n) is 3.03. The second-order valence-electron chi connectivity index (χ2n) is 7.08. The van der Waals surface area contributed by atoms with Gasteiger partial charge in [0.15, 0.2) is 0 Å². The lowest BCUT2D eigenvalue weighted by molar-refractivity contribution is 0.0940. The maximum atomic E-state index is 13.0. The fourth-order valence-corrected chi connectivity index (χ4v) is 5.16. The molecule has 0 aliphatic heterocycles. The minimum absolute atomic E-state index is 0.0282. The van der Waals surface area contributed by atoms with Gasteiger partial charge in [0.1, 0.15) is 0 Å². The number of aromatic nitrogens is 1. The van der Waals surface area contributed by atoms with E-state index in [1.165, 1.54) is 12.1 Å². The van der Waals surface area contributed by atoms with E-state index in [-0.39, 0.29) is 33.0 Å². The number of anilines is 1. The number of para-hydroxylation sites is 1. The van der Waals surface area contributed by atoms with Crippen LogP contribution in [-0.4, -0.2) is 24.9 Å². The van der Waals surface area contributed by atoms with Gasteiger partial charge >= 0.3 is 4.87 Å². The molecular formula is C21H25N3O4S2. The normalized spacial score (nSPS) is 12.6. The molecular weight excluding hydrogens is 422 g/mol. The van der Waals surface area contributed by atoms with Gasteiger partial charge in [-0.25, -0.2) is 8.42 Å². The lowest BCUT2D eigenvalue weighted by Crippen LogP contribution is -2.32. The third-order valence-electron chi connectivity index (χ3n) is 4.80. The van der Waals surface area contributed by atoms with Gasteiger partial charge < -0.3 is 5.32 Å². The Morgan fingerprint density at radius 2 is 1.90 bits per heavy atom. The summed E-state index contributed by atoms with van der Waals surface area (Å²) in [5.74, 6) is -0.340. The van der Waals surface area contributed by atoms with Crippen LogP contribution in [0.2, 0.25) is 0 Å². The summed E-state index contributed by atoms with van der Waals surface area (Å²) in [4.78, 5) is 24.7. The number of carbonyl (C=O) groups excluding carboxylic acids is 1. The van der Waals surface area contributed by atoms with Crippen LogP contribution >= 0.6 is 11.3 Å². The Kier molecular flexibility index (Phi) is 6.62. The van der Waals surface area contributed by atoms with E-state index in [9.17, 15) is 18.0 Å². The van der Waals surface area contributed by atoms with Crippen LogP contribution in [0.3, 0.4) is 0 Å². The summed E-state index contributed by atoms with van der Waals surface area (Å²) < 4.78 is 30.8. The van der Waals surface area contributed by atoms with Gasteiger partial charge in [-0.3, -0.25) is 18.9 Å². The second kappa shape index (κ2) is 9.01. The van der Waals surface area contributed by atoms with Crippen molar-refractivity contribution in [2.75, 3.05) is 4.72 Å². The third kappa shape index (κ3) is 4.57. The number of sulfonamides is 1. The van der Waals surface area contributed by atoms with E-state index in [1.807, 2.05) is 20.8 Å². The van der Waals surface area contributed by atoms with Crippen LogP contribution in [-0.2, 0) is 16.6 Å². The molecule has 3 rings (SSSR count). The van der Waals surface area contributed by atoms with E-state index in [0.29, 0.717) is 11.2 Å². The summed E-state index contributed by atoms with van der Waals surface area (Å²) in [6.07, 6.45) is 1.57. The van der Waals surface area contributed by atoms with E-state index in [0.717, 1.165) is 29.7 Å². The first-order chi connectivity index (χ1) is 14.3. The molecule has 1 aromatic heterocycles. The lowest BCUT2D eigenvalue weighted by atomic mass is 10.1. The van der Waals surface area contributed by atoms with E-state index >= 15 is 0 Å². The number of amides is 1. The largest absolute Gasteiger partial charge is 0.350 e. The van der Waals surface area contributed by atoms with Crippen molar-refractivity contribution in [3.63, 3.8) is 0 Å². The number of nitrogens with one attached hydrogen (secondary N) is 2.